The number of imidazole rings is 1. The number of nitrogens with zero attached hydrogens (tertiary/aromatic N) is 4. The average molecular weight is 611 g/mol. The Morgan fingerprint density at radius 2 is 1.93 bits per heavy atom. The minimum Gasteiger partial charge on any atom is -0.333 e. The highest BCUT2D eigenvalue weighted by atomic mass is 32.1. The number of thiophene rings is 1. The molecule has 1 aliphatic heterocycles. The number of rotatable bonds is 9. The molecule has 230 valence electrons. The summed E-state index contributed by atoms with van der Waals surface area (Å²) in [5.41, 5.74) is 2.39. The molecule has 1 aliphatic rings. The molecule has 3 aromatic rings. The summed E-state index contributed by atoms with van der Waals surface area (Å²) in [7, 11) is 0. The van der Waals surface area contributed by atoms with E-state index in [0.717, 1.165) is 41.8 Å². The Labute approximate surface area is 255 Å². The Kier molecular flexibility index (Phi) is 9.72. The number of amides is 2. The molecule has 0 aliphatic carbocycles. The molecule has 1 saturated heterocycles. The maximum atomic E-state index is 13.5. The molecular weight excluding hydrogens is 570 g/mol. The van der Waals surface area contributed by atoms with Crippen LogP contribution in [0.1, 0.15) is 80.9 Å². The number of fused-ring (bicyclic) bond motifs is 1. The third kappa shape index (κ3) is 8.27. The molecule has 1 fully saturated rings. The summed E-state index contributed by atoms with van der Waals surface area (Å²) < 4.78 is 28.2. The van der Waals surface area contributed by atoms with E-state index in [9.17, 15) is 23.6 Å². The number of nitrogens with one attached hydrogen (secondary N) is 2. The minimum absolute atomic E-state index is 0.114. The molecule has 0 spiro atoms. The van der Waals surface area contributed by atoms with Gasteiger partial charge in [0.25, 0.3) is 18.2 Å². The zero-order valence-electron chi connectivity index (χ0n) is 25.6. The number of hydrogen-bond acceptors (Lipinski definition) is 6. The summed E-state index contributed by atoms with van der Waals surface area (Å²) in [5, 5.41) is 16.0. The lowest BCUT2D eigenvalue weighted by Crippen LogP contribution is -2.39. The molecule has 8 nitrogen and oxygen atoms in total. The second-order valence-corrected chi connectivity index (χ2v) is 14.4. The lowest BCUT2D eigenvalue weighted by atomic mass is 9.93. The molecule has 0 saturated carbocycles. The Hall–Kier alpha value is -3.62. The lowest BCUT2D eigenvalue weighted by molar-refractivity contribution is -0.127. The van der Waals surface area contributed by atoms with Gasteiger partial charge in [0.2, 0.25) is 5.95 Å². The molecule has 1 unspecified atom stereocenters. The molecule has 0 radical (unpaired) electrons. The number of benzene rings is 1. The Morgan fingerprint density at radius 1 is 1.19 bits per heavy atom. The zero-order valence-corrected chi connectivity index (χ0v) is 26.4. The summed E-state index contributed by atoms with van der Waals surface area (Å²) in [6.45, 7) is 14.7. The number of carbonyl (C=O) groups is 2. The van der Waals surface area contributed by atoms with Crippen LogP contribution in [0.4, 0.5) is 14.7 Å². The Morgan fingerprint density at radius 3 is 2.56 bits per heavy atom. The van der Waals surface area contributed by atoms with Crippen LogP contribution in [0.5, 0.6) is 0 Å². The fourth-order valence-electron chi connectivity index (χ4n) is 5.14. The van der Waals surface area contributed by atoms with Crippen LogP contribution in [0.25, 0.3) is 11.0 Å². The van der Waals surface area contributed by atoms with E-state index >= 15 is 0 Å². The van der Waals surface area contributed by atoms with Crippen molar-refractivity contribution in [1.29, 1.82) is 5.26 Å². The SMILES string of the molecule is CC(C)(C)C=C(C#N)C(=O)N1CCCC1Cn1c(NC(=O)c2ccc(C(F)F)s2)nc2cc(CNCC(C)(C)C)ccc21. The molecule has 0 bridgehead atoms. The van der Waals surface area contributed by atoms with Crippen LogP contribution in [0.15, 0.2) is 42.0 Å². The molecule has 1 aromatic carbocycles. The van der Waals surface area contributed by atoms with Gasteiger partial charge in [0, 0.05) is 26.2 Å². The lowest BCUT2D eigenvalue weighted by Gasteiger charge is -2.26. The maximum Gasteiger partial charge on any atom is 0.272 e. The molecule has 2 N–H and O–H groups in total. The van der Waals surface area contributed by atoms with Crippen molar-refractivity contribution in [3.8, 4) is 6.07 Å². The predicted octanol–water partition coefficient (Wildman–Crippen LogP) is 6.91. The Balaban J connectivity index is 1.66. The van der Waals surface area contributed by atoms with Crippen LogP contribution in [0, 0.1) is 22.2 Å². The van der Waals surface area contributed by atoms with Gasteiger partial charge < -0.3 is 14.8 Å². The van der Waals surface area contributed by atoms with E-state index in [0.29, 0.717) is 25.2 Å². The van der Waals surface area contributed by atoms with Crippen molar-refractivity contribution in [2.24, 2.45) is 10.8 Å². The van der Waals surface area contributed by atoms with Crippen molar-refractivity contribution in [2.75, 3.05) is 18.4 Å². The fraction of sp³-hybridized carbons (Fsp3) is 0.500. The highest BCUT2D eigenvalue weighted by Gasteiger charge is 2.33. The topological polar surface area (TPSA) is 103 Å². The number of nitriles is 1. The van der Waals surface area contributed by atoms with Gasteiger partial charge in [0.05, 0.1) is 26.8 Å². The van der Waals surface area contributed by atoms with Gasteiger partial charge in [-0.2, -0.15) is 5.26 Å². The van der Waals surface area contributed by atoms with Crippen LogP contribution in [-0.2, 0) is 17.9 Å². The third-order valence-electron chi connectivity index (χ3n) is 7.05. The largest absolute Gasteiger partial charge is 0.333 e. The van der Waals surface area contributed by atoms with Crippen molar-refractivity contribution in [1.82, 2.24) is 19.8 Å². The van der Waals surface area contributed by atoms with Crippen molar-refractivity contribution in [3.63, 3.8) is 0 Å². The normalized spacial score (nSPS) is 16.2. The van der Waals surface area contributed by atoms with E-state index in [1.165, 1.54) is 12.1 Å². The van der Waals surface area contributed by atoms with Crippen LogP contribution in [-0.4, -0.2) is 45.4 Å². The number of carbonyl (C=O) groups excluding carboxylic acids is 2. The number of likely N-dealkylation sites (tertiary alicyclic amines) is 1. The first-order valence-corrected chi connectivity index (χ1v) is 15.3. The van der Waals surface area contributed by atoms with Crippen molar-refractivity contribution in [3.05, 3.63) is 57.3 Å². The summed E-state index contributed by atoms with van der Waals surface area (Å²) in [4.78, 5) is 33.0. The van der Waals surface area contributed by atoms with Crippen LogP contribution < -0.4 is 10.6 Å². The highest BCUT2D eigenvalue weighted by molar-refractivity contribution is 7.14. The van der Waals surface area contributed by atoms with Gasteiger partial charge in [-0.15, -0.1) is 11.3 Å². The van der Waals surface area contributed by atoms with E-state index in [4.69, 9.17) is 4.98 Å². The first-order chi connectivity index (χ1) is 20.1. The first kappa shape index (κ1) is 32.3. The first-order valence-electron chi connectivity index (χ1n) is 14.5. The van der Waals surface area contributed by atoms with E-state index < -0.39 is 12.3 Å². The molecule has 2 aromatic heterocycles. The molecule has 43 heavy (non-hydrogen) atoms. The second kappa shape index (κ2) is 12.9. The van der Waals surface area contributed by atoms with Crippen LogP contribution in [0.2, 0.25) is 0 Å². The van der Waals surface area contributed by atoms with E-state index in [1.807, 2.05) is 43.5 Å². The molecule has 3 heterocycles. The zero-order chi connectivity index (χ0) is 31.5. The monoisotopic (exact) mass is 610 g/mol. The average Bonchev–Trinajstić information content (AvgIpc) is 3.65. The molecule has 2 amide bonds. The summed E-state index contributed by atoms with van der Waals surface area (Å²) in [5.74, 6) is -0.558. The number of anilines is 1. The number of halogens is 2. The van der Waals surface area contributed by atoms with Gasteiger partial charge in [-0.1, -0.05) is 53.7 Å². The van der Waals surface area contributed by atoms with E-state index in [2.05, 4.69) is 37.5 Å². The molecule has 1 atom stereocenters. The fourth-order valence-corrected chi connectivity index (χ4v) is 5.89. The highest BCUT2D eigenvalue weighted by Crippen LogP contribution is 2.30. The molecule has 4 rings (SSSR count). The van der Waals surface area contributed by atoms with E-state index in [1.54, 1.807) is 11.0 Å². The van der Waals surface area contributed by atoms with Gasteiger partial charge in [-0.25, -0.2) is 13.8 Å². The van der Waals surface area contributed by atoms with Crippen molar-refractivity contribution < 1.29 is 18.4 Å². The summed E-state index contributed by atoms with van der Waals surface area (Å²) in [6.07, 6.45) is 0.559. The van der Waals surface area contributed by atoms with Gasteiger partial charge in [-0.05, 0) is 53.5 Å². The smallest absolute Gasteiger partial charge is 0.272 e. The minimum atomic E-state index is -2.65. The maximum absolute atomic E-state index is 13.5. The number of allylic oxidation sites excluding steroid dienone is 1. The van der Waals surface area contributed by atoms with Gasteiger partial charge in [-0.3, -0.25) is 14.9 Å². The van der Waals surface area contributed by atoms with Gasteiger partial charge >= 0.3 is 0 Å². The van der Waals surface area contributed by atoms with Crippen LogP contribution in [0.3, 0.4) is 0 Å². The number of aromatic nitrogens is 2. The van der Waals surface area contributed by atoms with Crippen LogP contribution >= 0.6 is 11.3 Å². The quantitative estimate of drug-likeness (QED) is 0.202. The second-order valence-electron chi connectivity index (χ2n) is 13.3. The number of alkyl halides is 2. The summed E-state index contributed by atoms with van der Waals surface area (Å²) >= 11 is 0.745. The van der Waals surface area contributed by atoms with E-state index in [-0.39, 0.29) is 44.1 Å². The summed E-state index contributed by atoms with van der Waals surface area (Å²) in [6, 6.07) is 10.4. The van der Waals surface area contributed by atoms with Gasteiger partial charge in [0.1, 0.15) is 11.6 Å². The number of hydrogen-bond donors (Lipinski definition) is 2. The Bertz CT molecular complexity index is 1550. The third-order valence-corrected chi connectivity index (χ3v) is 8.14. The standard InChI is InChI=1S/C32H40F2N6O2S/c1-31(2,3)15-21(16-35)29(42)39-13-7-8-22(39)18-40-24-10-9-20(17-36-19-32(4,5)6)14-23(24)37-30(40)38-28(41)26-12-11-25(43-26)27(33)34/h9-12,14-15,22,27,36H,7-8,13,17-19H2,1-6H3,(H,37,38,41). The van der Waals surface area contributed by atoms with Crippen molar-refractivity contribution in [2.45, 2.75) is 79.9 Å². The van der Waals surface area contributed by atoms with Crippen molar-refractivity contribution >= 4 is 40.1 Å². The molecule has 11 heteroatoms. The predicted molar refractivity (Wildman–Crippen MR) is 166 cm³/mol. The van der Waals surface area contributed by atoms with Gasteiger partial charge in [0.15, 0.2) is 0 Å². The molecular formula is C32H40F2N6O2S.